The first-order chi connectivity index (χ1) is 8.89. The molecule has 0 aliphatic carbocycles. The highest BCUT2D eigenvalue weighted by atomic mass is 16.1. The number of hydrogen-bond acceptors (Lipinski definition) is 5. The summed E-state index contributed by atoms with van der Waals surface area (Å²) in [7, 11) is 1.83. The van der Waals surface area contributed by atoms with Crippen molar-refractivity contribution < 1.29 is 4.79 Å². The molecule has 0 saturated carbocycles. The van der Waals surface area contributed by atoms with Crippen LogP contribution in [0.1, 0.15) is 39.2 Å². The molecule has 1 rings (SSSR count). The summed E-state index contributed by atoms with van der Waals surface area (Å²) in [6.07, 6.45) is 3.62. The third kappa shape index (κ3) is 4.39. The van der Waals surface area contributed by atoms with Gasteiger partial charge in [0.2, 0.25) is 5.91 Å². The van der Waals surface area contributed by atoms with Crippen molar-refractivity contribution in [2.45, 2.75) is 45.6 Å². The first-order valence-electron chi connectivity index (χ1n) is 6.47. The molecule has 0 saturated heterocycles. The highest BCUT2D eigenvalue weighted by Gasteiger charge is 2.23. The SMILES string of the molecule is CCCc1c(NC)ncnc1NC(C)(C)CC(N)=O. The molecule has 0 bridgehead atoms. The van der Waals surface area contributed by atoms with Gasteiger partial charge in [0, 0.05) is 24.6 Å². The maximum Gasteiger partial charge on any atom is 0.219 e. The molecule has 19 heavy (non-hydrogen) atoms. The van der Waals surface area contributed by atoms with E-state index in [1.54, 1.807) is 0 Å². The molecule has 0 aliphatic rings. The van der Waals surface area contributed by atoms with Crippen molar-refractivity contribution >= 4 is 17.5 Å². The molecule has 4 N–H and O–H groups in total. The number of nitrogens with one attached hydrogen (secondary N) is 2. The summed E-state index contributed by atoms with van der Waals surface area (Å²) < 4.78 is 0. The van der Waals surface area contributed by atoms with Gasteiger partial charge in [-0.1, -0.05) is 13.3 Å². The van der Waals surface area contributed by atoms with Gasteiger partial charge in [-0.2, -0.15) is 0 Å². The van der Waals surface area contributed by atoms with Gasteiger partial charge in [0.25, 0.3) is 0 Å². The molecule has 6 heteroatoms. The number of rotatable bonds is 7. The molecule has 106 valence electrons. The molecule has 0 fully saturated rings. The topological polar surface area (TPSA) is 92.9 Å². The predicted octanol–water partition coefficient (Wildman–Crippen LogP) is 1.54. The van der Waals surface area contributed by atoms with Gasteiger partial charge in [0.05, 0.1) is 0 Å². The average molecular weight is 265 g/mol. The van der Waals surface area contributed by atoms with Crippen LogP contribution < -0.4 is 16.4 Å². The molecule has 6 nitrogen and oxygen atoms in total. The minimum Gasteiger partial charge on any atom is -0.373 e. The third-order valence-electron chi connectivity index (χ3n) is 2.76. The van der Waals surface area contributed by atoms with Gasteiger partial charge in [-0.05, 0) is 20.3 Å². The summed E-state index contributed by atoms with van der Waals surface area (Å²) in [5.74, 6) is 1.24. The van der Waals surface area contributed by atoms with Crippen molar-refractivity contribution in [1.29, 1.82) is 0 Å². The second kappa shape index (κ2) is 6.36. The van der Waals surface area contributed by atoms with Gasteiger partial charge in [0.15, 0.2) is 0 Å². The van der Waals surface area contributed by atoms with Gasteiger partial charge in [0.1, 0.15) is 18.0 Å². The van der Waals surface area contributed by atoms with E-state index in [1.165, 1.54) is 6.33 Å². The smallest absolute Gasteiger partial charge is 0.219 e. The van der Waals surface area contributed by atoms with Crippen LogP contribution in [0.5, 0.6) is 0 Å². The van der Waals surface area contributed by atoms with E-state index in [-0.39, 0.29) is 12.3 Å². The quantitative estimate of drug-likeness (QED) is 0.695. The Labute approximate surface area is 114 Å². The lowest BCUT2D eigenvalue weighted by molar-refractivity contribution is -0.118. The number of anilines is 2. The molecule has 0 aliphatic heterocycles. The van der Waals surface area contributed by atoms with Crippen molar-refractivity contribution in [3.05, 3.63) is 11.9 Å². The van der Waals surface area contributed by atoms with E-state index in [9.17, 15) is 4.79 Å². The van der Waals surface area contributed by atoms with Crippen LogP contribution in [0.2, 0.25) is 0 Å². The zero-order valence-electron chi connectivity index (χ0n) is 12.1. The second-order valence-electron chi connectivity index (χ2n) is 5.20. The largest absolute Gasteiger partial charge is 0.373 e. The highest BCUT2D eigenvalue weighted by molar-refractivity contribution is 5.75. The normalized spacial score (nSPS) is 11.2. The predicted molar refractivity (Wildman–Crippen MR) is 77.1 cm³/mol. The zero-order valence-corrected chi connectivity index (χ0v) is 12.1. The minimum absolute atomic E-state index is 0.247. The Hall–Kier alpha value is -1.85. The molecule has 0 spiro atoms. The number of aromatic nitrogens is 2. The van der Waals surface area contributed by atoms with Crippen molar-refractivity contribution in [2.24, 2.45) is 5.73 Å². The second-order valence-corrected chi connectivity index (χ2v) is 5.20. The maximum absolute atomic E-state index is 11.1. The Kier molecular flexibility index (Phi) is 5.09. The number of carbonyl (C=O) groups is 1. The summed E-state index contributed by atoms with van der Waals surface area (Å²) in [4.78, 5) is 19.6. The van der Waals surface area contributed by atoms with E-state index >= 15 is 0 Å². The molecule has 0 radical (unpaired) electrons. The van der Waals surface area contributed by atoms with Crippen LogP contribution in [0.15, 0.2) is 6.33 Å². The summed E-state index contributed by atoms with van der Waals surface area (Å²) in [6.45, 7) is 5.95. The molecule has 1 aromatic heterocycles. The number of nitrogens with zero attached hydrogens (tertiary/aromatic N) is 2. The Morgan fingerprint density at radius 1 is 1.37 bits per heavy atom. The van der Waals surface area contributed by atoms with Crippen LogP contribution in [-0.2, 0) is 11.2 Å². The fourth-order valence-corrected chi connectivity index (χ4v) is 2.02. The summed E-state index contributed by atoms with van der Waals surface area (Å²) in [5, 5.41) is 6.35. The van der Waals surface area contributed by atoms with Gasteiger partial charge in [-0.25, -0.2) is 9.97 Å². The number of hydrogen-bond donors (Lipinski definition) is 3. The van der Waals surface area contributed by atoms with Crippen LogP contribution in [0.4, 0.5) is 11.6 Å². The van der Waals surface area contributed by atoms with Gasteiger partial charge < -0.3 is 16.4 Å². The standard InChI is InChI=1S/C13H23N5O/c1-5-6-9-11(15-4)16-8-17-12(9)18-13(2,3)7-10(14)19/h8H,5-7H2,1-4H3,(H2,14,19)(H2,15,16,17,18). The van der Waals surface area contributed by atoms with E-state index < -0.39 is 5.54 Å². The molecule has 0 aromatic carbocycles. The number of primary amides is 1. The average Bonchev–Trinajstić information content (AvgIpc) is 2.29. The Balaban J connectivity index is 3.02. The fraction of sp³-hybridized carbons (Fsp3) is 0.615. The minimum atomic E-state index is -0.437. The molecular weight excluding hydrogens is 242 g/mol. The number of carbonyl (C=O) groups excluding carboxylic acids is 1. The first-order valence-corrected chi connectivity index (χ1v) is 6.47. The molecular formula is C13H23N5O. The fourth-order valence-electron chi connectivity index (χ4n) is 2.02. The Morgan fingerprint density at radius 3 is 2.53 bits per heavy atom. The maximum atomic E-state index is 11.1. The molecule has 1 aromatic rings. The van der Waals surface area contributed by atoms with E-state index in [1.807, 2.05) is 20.9 Å². The van der Waals surface area contributed by atoms with E-state index in [4.69, 9.17) is 5.73 Å². The van der Waals surface area contributed by atoms with E-state index in [0.717, 1.165) is 30.0 Å². The number of amides is 1. The van der Waals surface area contributed by atoms with Gasteiger partial charge in [-0.15, -0.1) is 0 Å². The zero-order chi connectivity index (χ0) is 14.5. The van der Waals surface area contributed by atoms with Crippen LogP contribution in [-0.4, -0.2) is 28.5 Å². The van der Waals surface area contributed by atoms with Crippen LogP contribution in [0.25, 0.3) is 0 Å². The Bertz CT molecular complexity index is 445. The molecule has 1 heterocycles. The lowest BCUT2D eigenvalue weighted by Crippen LogP contribution is -2.36. The first kappa shape index (κ1) is 15.2. The van der Waals surface area contributed by atoms with Gasteiger partial charge >= 0.3 is 0 Å². The summed E-state index contributed by atoms with van der Waals surface area (Å²) in [6, 6.07) is 0. The van der Waals surface area contributed by atoms with Crippen molar-refractivity contribution in [3.8, 4) is 0 Å². The van der Waals surface area contributed by atoms with Crippen molar-refractivity contribution in [3.63, 3.8) is 0 Å². The van der Waals surface area contributed by atoms with Crippen LogP contribution in [0, 0.1) is 0 Å². The van der Waals surface area contributed by atoms with Crippen molar-refractivity contribution in [1.82, 2.24) is 9.97 Å². The van der Waals surface area contributed by atoms with Crippen LogP contribution in [0.3, 0.4) is 0 Å². The molecule has 0 atom stereocenters. The van der Waals surface area contributed by atoms with Crippen LogP contribution >= 0.6 is 0 Å². The van der Waals surface area contributed by atoms with Crippen molar-refractivity contribution in [2.75, 3.05) is 17.7 Å². The van der Waals surface area contributed by atoms with E-state index in [2.05, 4.69) is 27.5 Å². The molecule has 0 unspecified atom stereocenters. The number of nitrogens with two attached hydrogens (primary N) is 1. The summed E-state index contributed by atoms with van der Waals surface area (Å²) >= 11 is 0. The molecule has 1 amide bonds. The monoisotopic (exact) mass is 265 g/mol. The summed E-state index contributed by atoms with van der Waals surface area (Å²) in [5.41, 5.74) is 5.86. The highest BCUT2D eigenvalue weighted by Crippen LogP contribution is 2.25. The lowest BCUT2D eigenvalue weighted by atomic mass is 9.99. The van der Waals surface area contributed by atoms with E-state index in [0.29, 0.717) is 0 Å². The lowest BCUT2D eigenvalue weighted by Gasteiger charge is -2.27. The Morgan fingerprint density at radius 2 is 2.00 bits per heavy atom. The van der Waals surface area contributed by atoms with Gasteiger partial charge in [-0.3, -0.25) is 4.79 Å². The third-order valence-corrected chi connectivity index (χ3v) is 2.76.